The van der Waals surface area contributed by atoms with E-state index in [9.17, 15) is 19.5 Å². The Morgan fingerprint density at radius 3 is 2.74 bits per heavy atom. The Morgan fingerprint density at radius 1 is 1.26 bits per heavy atom. The molecule has 1 aliphatic rings. The number of hydrogen-bond donors (Lipinski definition) is 2. The Balaban J connectivity index is 1.79. The van der Waals surface area contributed by atoms with Crippen molar-refractivity contribution in [2.75, 3.05) is 7.11 Å². The Hall–Kier alpha value is -3.06. The lowest BCUT2D eigenvalue weighted by Gasteiger charge is -2.09. The van der Waals surface area contributed by atoms with Crippen molar-refractivity contribution in [3.8, 4) is 11.5 Å². The second kappa shape index (κ2) is 8.09. The maximum atomic E-state index is 12.6. The van der Waals surface area contributed by atoms with Crippen LogP contribution in [0.1, 0.15) is 21.5 Å². The van der Waals surface area contributed by atoms with E-state index < -0.39 is 5.25 Å². The number of benzene rings is 2. The minimum absolute atomic E-state index is 0.0215. The van der Waals surface area contributed by atoms with Crippen molar-refractivity contribution in [3.63, 3.8) is 0 Å². The number of carbonyl (C=O) groups excluding carboxylic acids is 3. The van der Waals surface area contributed by atoms with Gasteiger partial charge in [0.15, 0.2) is 17.3 Å². The minimum atomic E-state index is -0.531. The van der Waals surface area contributed by atoms with E-state index in [1.165, 1.54) is 19.3 Å². The lowest BCUT2D eigenvalue weighted by molar-refractivity contribution is -0.118. The SMILES string of the molecule is COc1cc(/C=C/C(=O)c2ccccc2CC2SC(=O)NC2=O)ccc1O. The Morgan fingerprint density at radius 2 is 2.04 bits per heavy atom. The number of hydrogen-bond acceptors (Lipinski definition) is 6. The van der Waals surface area contributed by atoms with Crippen LogP contribution in [-0.2, 0) is 11.2 Å². The number of carbonyl (C=O) groups is 3. The van der Waals surface area contributed by atoms with Gasteiger partial charge in [0.25, 0.3) is 5.24 Å². The number of ketones is 1. The Bertz CT molecular complexity index is 938. The van der Waals surface area contributed by atoms with Gasteiger partial charge in [0.2, 0.25) is 5.91 Å². The van der Waals surface area contributed by atoms with Crippen LogP contribution in [0.25, 0.3) is 6.08 Å². The van der Waals surface area contributed by atoms with Crippen molar-refractivity contribution in [1.29, 1.82) is 0 Å². The maximum absolute atomic E-state index is 12.6. The summed E-state index contributed by atoms with van der Waals surface area (Å²) in [5.74, 6) is -0.210. The summed E-state index contributed by atoms with van der Waals surface area (Å²) in [6.07, 6.45) is 3.35. The zero-order valence-electron chi connectivity index (χ0n) is 14.5. The molecule has 0 aromatic heterocycles. The van der Waals surface area contributed by atoms with Crippen LogP contribution in [0.15, 0.2) is 48.5 Å². The van der Waals surface area contributed by atoms with Gasteiger partial charge in [-0.2, -0.15) is 0 Å². The van der Waals surface area contributed by atoms with E-state index in [-0.39, 0.29) is 22.7 Å². The second-order valence-electron chi connectivity index (χ2n) is 5.87. The van der Waals surface area contributed by atoms with Gasteiger partial charge in [-0.1, -0.05) is 48.2 Å². The molecule has 27 heavy (non-hydrogen) atoms. The Kier molecular flexibility index (Phi) is 5.61. The van der Waals surface area contributed by atoms with Gasteiger partial charge in [0.1, 0.15) is 0 Å². The van der Waals surface area contributed by atoms with E-state index in [4.69, 9.17) is 4.74 Å². The molecule has 138 valence electrons. The topological polar surface area (TPSA) is 92.7 Å². The fourth-order valence-electron chi connectivity index (χ4n) is 2.73. The summed E-state index contributed by atoms with van der Waals surface area (Å²) in [6, 6.07) is 11.8. The number of aromatic hydroxyl groups is 1. The minimum Gasteiger partial charge on any atom is -0.504 e. The van der Waals surface area contributed by atoms with Crippen molar-refractivity contribution in [2.45, 2.75) is 11.7 Å². The van der Waals surface area contributed by atoms with Crippen molar-refractivity contribution in [3.05, 3.63) is 65.2 Å². The normalized spacial score (nSPS) is 16.6. The van der Waals surface area contributed by atoms with Gasteiger partial charge in [-0.3, -0.25) is 19.7 Å². The maximum Gasteiger partial charge on any atom is 0.286 e. The van der Waals surface area contributed by atoms with Gasteiger partial charge in [0, 0.05) is 5.56 Å². The predicted octanol–water partition coefficient (Wildman–Crippen LogP) is 3.19. The molecule has 1 heterocycles. The van der Waals surface area contributed by atoms with E-state index in [1.54, 1.807) is 42.5 Å². The van der Waals surface area contributed by atoms with Crippen LogP contribution in [-0.4, -0.2) is 34.4 Å². The molecule has 0 saturated carbocycles. The molecule has 7 heteroatoms. The number of amides is 2. The molecular weight excluding hydrogens is 366 g/mol. The van der Waals surface area contributed by atoms with E-state index in [1.807, 2.05) is 0 Å². The van der Waals surface area contributed by atoms with Crippen molar-refractivity contribution in [2.24, 2.45) is 0 Å². The molecule has 0 radical (unpaired) electrons. The highest BCUT2D eigenvalue weighted by Crippen LogP contribution is 2.27. The lowest BCUT2D eigenvalue weighted by Crippen LogP contribution is -2.25. The summed E-state index contributed by atoms with van der Waals surface area (Å²) in [5.41, 5.74) is 1.89. The molecule has 2 amide bonds. The van der Waals surface area contributed by atoms with Crippen molar-refractivity contribution < 1.29 is 24.2 Å². The molecule has 2 aromatic rings. The molecular formula is C20H17NO5S. The highest BCUT2D eigenvalue weighted by molar-refractivity contribution is 8.15. The van der Waals surface area contributed by atoms with E-state index in [0.717, 1.165) is 11.8 Å². The van der Waals surface area contributed by atoms with E-state index in [0.29, 0.717) is 28.9 Å². The van der Waals surface area contributed by atoms with Gasteiger partial charge in [-0.15, -0.1) is 0 Å². The van der Waals surface area contributed by atoms with Gasteiger partial charge in [-0.25, -0.2) is 0 Å². The number of imide groups is 1. The molecule has 2 N–H and O–H groups in total. The van der Waals surface area contributed by atoms with Crippen LogP contribution in [0.5, 0.6) is 11.5 Å². The summed E-state index contributed by atoms with van der Waals surface area (Å²) in [7, 11) is 1.45. The fourth-order valence-corrected chi connectivity index (χ4v) is 3.57. The molecule has 0 aliphatic carbocycles. The number of methoxy groups -OCH3 is 1. The van der Waals surface area contributed by atoms with Crippen LogP contribution in [0.2, 0.25) is 0 Å². The van der Waals surface area contributed by atoms with Crippen LogP contribution in [0, 0.1) is 0 Å². The summed E-state index contributed by atoms with van der Waals surface area (Å²) in [6.45, 7) is 0. The summed E-state index contributed by atoms with van der Waals surface area (Å²) in [5, 5.41) is 11.0. The number of phenolic OH excluding ortho intramolecular Hbond substituents is 1. The largest absolute Gasteiger partial charge is 0.504 e. The van der Waals surface area contributed by atoms with Gasteiger partial charge < -0.3 is 9.84 Å². The summed E-state index contributed by atoms with van der Waals surface area (Å²) < 4.78 is 5.05. The average Bonchev–Trinajstić information content (AvgIpc) is 2.98. The first-order valence-corrected chi connectivity index (χ1v) is 9.04. The third kappa shape index (κ3) is 4.38. The number of phenols is 1. The number of allylic oxidation sites excluding steroid dienone is 1. The zero-order valence-corrected chi connectivity index (χ0v) is 15.3. The summed E-state index contributed by atoms with van der Waals surface area (Å²) >= 11 is 0.938. The molecule has 2 aromatic carbocycles. The number of thioether (sulfide) groups is 1. The first kappa shape index (κ1) is 18.7. The quantitative estimate of drug-likeness (QED) is 0.588. The lowest BCUT2D eigenvalue weighted by atomic mass is 9.98. The first-order chi connectivity index (χ1) is 13.0. The standard InChI is InChI=1S/C20H17NO5S/c1-26-17-10-12(7-9-16(17)23)6-8-15(22)14-5-3-2-4-13(14)11-18-19(24)21-20(25)27-18/h2-10,18,23H,11H2,1H3,(H,21,24,25)/b8-6+. The van der Waals surface area contributed by atoms with Crippen LogP contribution < -0.4 is 10.1 Å². The molecule has 6 nitrogen and oxygen atoms in total. The highest BCUT2D eigenvalue weighted by atomic mass is 32.2. The smallest absolute Gasteiger partial charge is 0.286 e. The van der Waals surface area contributed by atoms with Crippen molar-refractivity contribution in [1.82, 2.24) is 5.32 Å². The van der Waals surface area contributed by atoms with E-state index >= 15 is 0 Å². The molecule has 1 atom stereocenters. The molecule has 1 aliphatic heterocycles. The summed E-state index contributed by atoms with van der Waals surface area (Å²) in [4.78, 5) is 35.8. The molecule has 0 bridgehead atoms. The fraction of sp³-hybridized carbons (Fsp3) is 0.150. The second-order valence-corrected chi connectivity index (χ2v) is 7.05. The molecule has 0 spiro atoms. The molecule has 1 unspecified atom stereocenters. The molecule has 3 rings (SSSR count). The highest BCUT2D eigenvalue weighted by Gasteiger charge is 2.32. The average molecular weight is 383 g/mol. The van der Waals surface area contributed by atoms with Gasteiger partial charge in [-0.05, 0) is 35.8 Å². The predicted molar refractivity (Wildman–Crippen MR) is 103 cm³/mol. The number of rotatable bonds is 6. The van der Waals surface area contributed by atoms with Gasteiger partial charge in [0.05, 0.1) is 12.4 Å². The van der Waals surface area contributed by atoms with Crippen LogP contribution in [0.3, 0.4) is 0 Å². The van der Waals surface area contributed by atoms with E-state index in [2.05, 4.69) is 5.32 Å². The third-order valence-corrected chi connectivity index (χ3v) is 5.07. The zero-order chi connectivity index (χ0) is 19.4. The number of nitrogens with one attached hydrogen (secondary N) is 1. The number of ether oxygens (including phenoxy) is 1. The van der Waals surface area contributed by atoms with Crippen LogP contribution in [0.4, 0.5) is 4.79 Å². The van der Waals surface area contributed by atoms with Crippen LogP contribution >= 0.6 is 11.8 Å². The monoisotopic (exact) mass is 383 g/mol. The molecule has 1 fully saturated rings. The van der Waals surface area contributed by atoms with Gasteiger partial charge >= 0.3 is 0 Å². The molecule has 1 saturated heterocycles. The third-order valence-electron chi connectivity index (χ3n) is 4.09. The first-order valence-electron chi connectivity index (χ1n) is 8.16. The Labute approximate surface area is 160 Å². The van der Waals surface area contributed by atoms with Crippen molar-refractivity contribution >= 4 is 34.8 Å².